The molecule has 0 saturated heterocycles. The van der Waals surface area contributed by atoms with Crippen molar-refractivity contribution in [2.75, 3.05) is 17.7 Å². The summed E-state index contributed by atoms with van der Waals surface area (Å²) in [5, 5.41) is 10.3. The fourth-order valence-corrected chi connectivity index (χ4v) is 4.85. The average molecular weight is 427 g/mol. The number of carbonyl (C=O) groups excluding carboxylic acids is 1. The van der Waals surface area contributed by atoms with Crippen LogP contribution in [0.25, 0.3) is 11.4 Å². The molecule has 0 radical (unpaired) electrons. The van der Waals surface area contributed by atoms with Crippen molar-refractivity contribution in [1.29, 1.82) is 0 Å². The molecule has 3 aromatic rings. The van der Waals surface area contributed by atoms with Crippen molar-refractivity contribution in [2.24, 2.45) is 0 Å². The molecular weight excluding hydrogens is 404 g/mol. The summed E-state index contributed by atoms with van der Waals surface area (Å²) in [4.78, 5) is 14.4. The number of benzene rings is 2. The predicted octanol–water partition coefficient (Wildman–Crippen LogP) is 5.47. The zero-order valence-corrected chi connectivity index (χ0v) is 17.9. The third-order valence-corrected chi connectivity index (χ3v) is 6.57. The van der Waals surface area contributed by atoms with Crippen LogP contribution in [-0.4, -0.2) is 33.5 Å². The molecule has 2 aromatic carbocycles. The summed E-state index contributed by atoms with van der Waals surface area (Å²) in [5.41, 5.74) is 1.76. The molecule has 1 amide bonds. The minimum atomic E-state index is 0.0291. The third kappa shape index (κ3) is 4.33. The molecule has 0 aliphatic heterocycles. The van der Waals surface area contributed by atoms with E-state index in [0.717, 1.165) is 35.1 Å². The number of hydrogen-bond donors (Lipinski definition) is 0. The summed E-state index contributed by atoms with van der Waals surface area (Å²) >= 11 is 7.88. The van der Waals surface area contributed by atoms with Gasteiger partial charge in [-0.15, -0.1) is 10.2 Å². The molecule has 0 spiro atoms. The molecule has 1 aliphatic rings. The second-order valence-electron chi connectivity index (χ2n) is 7.17. The maximum Gasteiger partial charge on any atom is 0.237 e. The van der Waals surface area contributed by atoms with E-state index in [4.69, 9.17) is 11.6 Å². The number of carbonyl (C=O) groups is 1. The van der Waals surface area contributed by atoms with Crippen molar-refractivity contribution in [3.63, 3.8) is 0 Å². The van der Waals surface area contributed by atoms with Gasteiger partial charge in [0.1, 0.15) is 0 Å². The van der Waals surface area contributed by atoms with Crippen LogP contribution < -0.4 is 4.90 Å². The number of nitrogens with zero attached hydrogens (tertiary/aromatic N) is 4. The van der Waals surface area contributed by atoms with Crippen LogP contribution in [0.5, 0.6) is 0 Å². The average Bonchev–Trinajstić information content (AvgIpc) is 3.42. The van der Waals surface area contributed by atoms with Crippen molar-refractivity contribution < 1.29 is 4.79 Å². The SMILES string of the molecule is CN(C(=O)CSc1nnc(-c2ccccc2Cl)n1C1CCCC1)c1ccccc1. The van der Waals surface area contributed by atoms with E-state index in [1.807, 2.05) is 54.6 Å². The third-order valence-electron chi connectivity index (χ3n) is 5.31. The van der Waals surface area contributed by atoms with E-state index in [1.165, 1.54) is 24.6 Å². The molecule has 4 rings (SSSR count). The van der Waals surface area contributed by atoms with Gasteiger partial charge in [0.15, 0.2) is 11.0 Å². The van der Waals surface area contributed by atoms with Gasteiger partial charge in [-0.05, 0) is 37.1 Å². The number of thioether (sulfide) groups is 1. The Hall–Kier alpha value is -2.31. The van der Waals surface area contributed by atoms with E-state index >= 15 is 0 Å². The molecule has 0 N–H and O–H groups in total. The molecule has 1 fully saturated rings. The van der Waals surface area contributed by atoms with Gasteiger partial charge in [-0.25, -0.2) is 0 Å². The number of hydrogen-bond acceptors (Lipinski definition) is 4. The summed E-state index contributed by atoms with van der Waals surface area (Å²) in [6, 6.07) is 17.7. The Morgan fingerprint density at radius 2 is 1.79 bits per heavy atom. The Labute approximate surface area is 180 Å². The second kappa shape index (κ2) is 9.01. The van der Waals surface area contributed by atoms with Gasteiger partial charge >= 0.3 is 0 Å². The van der Waals surface area contributed by atoms with Crippen LogP contribution in [0.1, 0.15) is 31.7 Å². The van der Waals surface area contributed by atoms with E-state index < -0.39 is 0 Å². The van der Waals surface area contributed by atoms with E-state index in [0.29, 0.717) is 16.8 Å². The first-order valence-electron chi connectivity index (χ1n) is 9.79. The summed E-state index contributed by atoms with van der Waals surface area (Å²) in [5.74, 6) is 1.12. The Morgan fingerprint density at radius 3 is 2.52 bits per heavy atom. The Kier molecular flexibility index (Phi) is 6.21. The minimum absolute atomic E-state index is 0.0291. The molecule has 0 unspecified atom stereocenters. The zero-order chi connectivity index (χ0) is 20.2. The quantitative estimate of drug-likeness (QED) is 0.490. The molecule has 1 aromatic heterocycles. The van der Waals surface area contributed by atoms with Crippen LogP contribution in [0.2, 0.25) is 5.02 Å². The lowest BCUT2D eigenvalue weighted by Crippen LogP contribution is -2.28. The normalized spacial score (nSPS) is 14.3. The molecule has 1 saturated carbocycles. The van der Waals surface area contributed by atoms with E-state index in [-0.39, 0.29) is 5.91 Å². The van der Waals surface area contributed by atoms with E-state index in [1.54, 1.807) is 11.9 Å². The predicted molar refractivity (Wildman–Crippen MR) is 119 cm³/mol. The number of aromatic nitrogens is 3. The molecule has 0 atom stereocenters. The van der Waals surface area contributed by atoms with Gasteiger partial charge in [0.2, 0.25) is 5.91 Å². The number of halogens is 1. The van der Waals surface area contributed by atoms with Crippen molar-refractivity contribution in [1.82, 2.24) is 14.8 Å². The van der Waals surface area contributed by atoms with Crippen molar-refractivity contribution >= 4 is 35.0 Å². The number of anilines is 1. The maximum atomic E-state index is 12.7. The molecule has 150 valence electrons. The van der Waals surface area contributed by atoms with Gasteiger partial charge in [0.05, 0.1) is 10.8 Å². The van der Waals surface area contributed by atoms with Gasteiger partial charge in [0, 0.05) is 24.3 Å². The highest BCUT2D eigenvalue weighted by molar-refractivity contribution is 7.99. The highest BCUT2D eigenvalue weighted by Gasteiger charge is 2.26. The lowest BCUT2D eigenvalue weighted by atomic mass is 10.2. The highest BCUT2D eigenvalue weighted by atomic mass is 35.5. The number of amides is 1. The first kappa shape index (κ1) is 20.0. The summed E-state index contributed by atoms with van der Waals surface area (Å²) in [7, 11) is 1.80. The van der Waals surface area contributed by atoms with Crippen LogP contribution in [0.4, 0.5) is 5.69 Å². The maximum absolute atomic E-state index is 12.7. The first-order chi connectivity index (χ1) is 14.1. The zero-order valence-electron chi connectivity index (χ0n) is 16.3. The fraction of sp³-hybridized carbons (Fsp3) is 0.318. The van der Waals surface area contributed by atoms with Gasteiger partial charge in [0.25, 0.3) is 0 Å². The number of para-hydroxylation sites is 1. The molecular formula is C22H23ClN4OS. The van der Waals surface area contributed by atoms with Gasteiger partial charge < -0.3 is 4.90 Å². The molecule has 0 bridgehead atoms. The largest absolute Gasteiger partial charge is 0.315 e. The van der Waals surface area contributed by atoms with E-state index in [9.17, 15) is 4.79 Å². The smallest absolute Gasteiger partial charge is 0.237 e. The summed E-state index contributed by atoms with van der Waals surface area (Å²) < 4.78 is 2.19. The van der Waals surface area contributed by atoms with Crippen molar-refractivity contribution in [3.8, 4) is 11.4 Å². The second-order valence-corrected chi connectivity index (χ2v) is 8.52. The minimum Gasteiger partial charge on any atom is -0.315 e. The molecule has 7 heteroatoms. The van der Waals surface area contributed by atoms with Crippen LogP contribution in [0.15, 0.2) is 59.8 Å². The molecule has 1 heterocycles. The molecule has 1 aliphatic carbocycles. The highest BCUT2D eigenvalue weighted by Crippen LogP contribution is 2.38. The van der Waals surface area contributed by atoms with Gasteiger partial charge in [-0.1, -0.05) is 66.5 Å². The van der Waals surface area contributed by atoms with Crippen LogP contribution in [0, 0.1) is 0 Å². The topological polar surface area (TPSA) is 51.0 Å². The van der Waals surface area contributed by atoms with Gasteiger partial charge in [-0.3, -0.25) is 9.36 Å². The van der Waals surface area contributed by atoms with Crippen LogP contribution in [-0.2, 0) is 4.79 Å². The Morgan fingerprint density at radius 1 is 1.10 bits per heavy atom. The van der Waals surface area contributed by atoms with Crippen molar-refractivity contribution in [3.05, 3.63) is 59.6 Å². The molecule has 29 heavy (non-hydrogen) atoms. The summed E-state index contributed by atoms with van der Waals surface area (Å²) in [6.07, 6.45) is 4.59. The van der Waals surface area contributed by atoms with Crippen LogP contribution >= 0.6 is 23.4 Å². The van der Waals surface area contributed by atoms with E-state index in [2.05, 4.69) is 14.8 Å². The lowest BCUT2D eigenvalue weighted by molar-refractivity contribution is -0.115. The first-order valence-corrected chi connectivity index (χ1v) is 11.2. The Bertz CT molecular complexity index is 985. The summed E-state index contributed by atoms with van der Waals surface area (Å²) in [6.45, 7) is 0. The van der Waals surface area contributed by atoms with Crippen LogP contribution in [0.3, 0.4) is 0 Å². The number of rotatable bonds is 6. The monoisotopic (exact) mass is 426 g/mol. The van der Waals surface area contributed by atoms with Crippen molar-refractivity contribution in [2.45, 2.75) is 36.9 Å². The fourth-order valence-electron chi connectivity index (χ4n) is 3.71. The Balaban J connectivity index is 1.57. The van der Waals surface area contributed by atoms with Gasteiger partial charge in [-0.2, -0.15) is 0 Å². The lowest BCUT2D eigenvalue weighted by Gasteiger charge is -2.19. The molecule has 5 nitrogen and oxygen atoms in total. The standard InChI is InChI=1S/C22H23ClN4OS/c1-26(16-9-3-2-4-10-16)20(28)15-29-22-25-24-21(18-13-7-8-14-19(18)23)27(22)17-11-5-6-12-17/h2-4,7-10,13-14,17H,5-6,11-12,15H2,1H3.